The Balaban J connectivity index is 2.15. The number of hydrogen-bond acceptors (Lipinski definition) is 5. The van der Waals surface area contributed by atoms with Crippen molar-refractivity contribution in [3.63, 3.8) is 0 Å². The topological polar surface area (TPSA) is 76.7 Å². The molecule has 0 fully saturated rings. The molecule has 0 aliphatic heterocycles. The Kier molecular flexibility index (Phi) is 2.81. The van der Waals surface area contributed by atoms with Crippen molar-refractivity contribution in [2.75, 3.05) is 5.43 Å². The molecule has 0 saturated heterocycles. The molecule has 0 atom stereocenters. The van der Waals surface area contributed by atoms with Gasteiger partial charge in [-0.3, -0.25) is 4.98 Å². The number of aryl methyl sites for hydroxylation is 1. The van der Waals surface area contributed by atoms with Crippen molar-refractivity contribution in [2.24, 2.45) is 5.84 Å². The fourth-order valence-corrected chi connectivity index (χ4v) is 1.96. The number of nitrogen functional groups attached to an aromatic ring is 1. The molecular weight excluding hydrogens is 238 g/mol. The zero-order valence-electron chi connectivity index (χ0n) is 10.5. The van der Waals surface area contributed by atoms with Crippen LogP contribution in [0.15, 0.2) is 42.6 Å². The van der Waals surface area contributed by atoms with Crippen LogP contribution in [0.2, 0.25) is 0 Å². The molecule has 5 heteroatoms. The minimum atomic E-state index is 0.593. The SMILES string of the molecule is Cc1cc(NN)nc(-c2cnc3ccccc3c2)n1. The molecule has 2 heterocycles. The molecule has 0 spiro atoms. The molecule has 3 N–H and O–H groups in total. The monoisotopic (exact) mass is 251 g/mol. The van der Waals surface area contributed by atoms with Gasteiger partial charge in [0.2, 0.25) is 0 Å². The summed E-state index contributed by atoms with van der Waals surface area (Å²) in [6.07, 6.45) is 1.78. The van der Waals surface area contributed by atoms with Gasteiger partial charge in [0.05, 0.1) is 5.52 Å². The van der Waals surface area contributed by atoms with E-state index in [-0.39, 0.29) is 0 Å². The van der Waals surface area contributed by atoms with Gasteiger partial charge in [-0.25, -0.2) is 15.8 Å². The highest BCUT2D eigenvalue weighted by Crippen LogP contribution is 2.21. The number of benzene rings is 1. The average Bonchev–Trinajstić information content (AvgIpc) is 2.46. The van der Waals surface area contributed by atoms with E-state index in [2.05, 4.69) is 20.4 Å². The fourth-order valence-electron chi connectivity index (χ4n) is 1.96. The zero-order chi connectivity index (χ0) is 13.2. The van der Waals surface area contributed by atoms with E-state index in [0.29, 0.717) is 11.6 Å². The van der Waals surface area contributed by atoms with Crippen LogP contribution in [-0.2, 0) is 0 Å². The van der Waals surface area contributed by atoms with E-state index in [0.717, 1.165) is 22.2 Å². The molecule has 5 nitrogen and oxygen atoms in total. The van der Waals surface area contributed by atoms with Gasteiger partial charge >= 0.3 is 0 Å². The number of fused-ring (bicyclic) bond motifs is 1. The van der Waals surface area contributed by atoms with Gasteiger partial charge in [-0.15, -0.1) is 0 Å². The third-order valence-electron chi connectivity index (χ3n) is 2.85. The summed E-state index contributed by atoms with van der Waals surface area (Å²) in [6.45, 7) is 1.90. The Morgan fingerprint density at radius 2 is 1.95 bits per heavy atom. The maximum absolute atomic E-state index is 5.40. The van der Waals surface area contributed by atoms with Crippen LogP contribution in [0.25, 0.3) is 22.3 Å². The number of nitrogens with zero attached hydrogens (tertiary/aromatic N) is 3. The van der Waals surface area contributed by atoms with Crippen molar-refractivity contribution >= 4 is 16.7 Å². The van der Waals surface area contributed by atoms with Crippen LogP contribution >= 0.6 is 0 Å². The minimum absolute atomic E-state index is 0.593. The molecule has 2 aromatic heterocycles. The van der Waals surface area contributed by atoms with Crippen molar-refractivity contribution < 1.29 is 0 Å². The highest BCUT2D eigenvalue weighted by molar-refractivity contribution is 5.82. The van der Waals surface area contributed by atoms with Crippen LogP contribution in [-0.4, -0.2) is 15.0 Å². The first kappa shape index (κ1) is 11.6. The van der Waals surface area contributed by atoms with E-state index in [9.17, 15) is 0 Å². The summed E-state index contributed by atoms with van der Waals surface area (Å²) in [7, 11) is 0. The summed E-state index contributed by atoms with van der Waals surface area (Å²) in [6, 6.07) is 11.8. The van der Waals surface area contributed by atoms with Gasteiger partial charge in [0.15, 0.2) is 5.82 Å². The molecule has 0 unspecified atom stereocenters. The number of hydrogen-bond donors (Lipinski definition) is 2. The Hall–Kier alpha value is -2.53. The second-order valence-electron chi connectivity index (χ2n) is 4.28. The summed E-state index contributed by atoms with van der Waals surface area (Å²) in [5, 5.41) is 1.06. The van der Waals surface area contributed by atoms with Crippen LogP contribution in [0.5, 0.6) is 0 Å². The summed E-state index contributed by atoms with van der Waals surface area (Å²) in [4.78, 5) is 13.2. The van der Waals surface area contributed by atoms with E-state index in [4.69, 9.17) is 5.84 Å². The summed E-state index contributed by atoms with van der Waals surface area (Å²) < 4.78 is 0. The largest absolute Gasteiger partial charge is 0.308 e. The minimum Gasteiger partial charge on any atom is -0.308 e. The molecule has 0 radical (unpaired) electrons. The van der Waals surface area contributed by atoms with Gasteiger partial charge in [-0.05, 0) is 19.1 Å². The van der Waals surface area contributed by atoms with Crippen molar-refractivity contribution in [3.05, 3.63) is 48.3 Å². The number of nitrogens with two attached hydrogens (primary N) is 1. The van der Waals surface area contributed by atoms with E-state index in [1.54, 1.807) is 12.3 Å². The molecule has 94 valence electrons. The first-order valence-electron chi connectivity index (χ1n) is 5.94. The van der Waals surface area contributed by atoms with Gasteiger partial charge in [0, 0.05) is 28.9 Å². The smallest absolute Gasteiger partial charge is 0.163 e. The Morgan fingerprint density at radius 1 is 1.11 bits per heavy atom. The lowest BCUT2D eigenvalue weighted by atomic mass is 10.1. The first-order valence-corrected chi connectivity index (χ1v) is 5.94. The van der Waals surface area contributed by atoms with E-state index in [1.807, 2.05) is 37.3 Å². The summed E-state index contributed by atoms with van der Waals surface area (Å²) >= 11 is 0. The Morgan fingerprint density at radius 3 is 2.79 bits per heavy atom. The molecule has 0 amide bonds. The molecule has 0 saturated carbocycles. The number of pyridine rings is 1. The molecule has 3 aromatic rings. The van der Waals surface area contributed by atoms with Crippen LogP contribution in [0.1, 0.15) is 5.69 Å². The lowest BCUT2D eigenvalue weighted by molar-refractivity contribution is 1.09. The Bertz CT molecular complexity index is 739. The maximum Gasteiger partial charge on any atom is 0.163 e. The fraction of sp³-hybridized carbons (Fsp3) is 0.0714. The molecule has 0 aliphatic rings. The number of hydrazine groups is 1. The van der Waals surface area contributed by atoms with Crippen LogP contribution in [0, 0.1) is 6.92 Å². The molecule has 3 rings (SSSR count). The van der Waals surface area contributed by atoms with Gasteiger partial charge < -0.3 is 5.43 Å². The lowest BCUT2D eigenvalue weighted by Crippen LogP contribution is -2.10. The Labute approximate surface area is 110 Å². The maximum atomic E-state index is 5.40. The van der Waals surface area contributed by atoms with Gasteiger partial charge in [0.1, 0.15) is 5.82 Å². The van der Waals surface area contributed by atoms with Crippen LogP contribution < -0.4 is 11.3 Å². The average molecular weight is 251 g/mol. The van der Waals surface area contributed by atoms with Gasteiger partial charge in [-0.1, -0.05) is 18.2 Å². The van der Waals surface area contributed by atoms with Gasteiger partial charge in [-0.2, -0.15) is 0 Å². The summed E-state index contributed by atoms with van der Waals surface area (Å²) in [5.41, 5.74) is 5.23. The third kappa shape index (κ3) is 2.23. The summed E-state index contributed by atoms with van der Waals surface area (Å²) in [5.74, 6) is 6.61. The standard InChI is InChI=1S/C14H13N5/c1-9-6-13(19-15)18-14(17-9)11-7-10-4-2-3-5-12(10)16-8-11/h2-8H,15H2,1H3,(H,17,18,19). The zero-order valence-corrected chi connectivity index (χ0v) is 10.5. The van der Waals surface area contributed by atoms with Crippen molar-refractivity contribution in [1.29, 1.82) is 0 Å². The van der Waals surface area contributed by atoms with Crippen LogP contribution in [0.4, 0.5) is 5.82 Å². The van der Waals surface area contributed by atoms with Crippen molar-refractivity contribution in [1.82, 2.24) is 15.0 Å². The molecule has 0 bridgehead atoms. The number of para-hydroxylation sites is 1. The second-order valence-corrected chi connectivity index (χ2v) is 4.28. The molecule has 19 heavy (non-hydrogen) atoms. The van der Waals surface area contributed by atoms with Crippen LogP contribution in [0.3, 0.4) is 0 Å². The molecular formula is C14H13N5. The molecule has 1 aromatic carbocycles. The van der Waals surface area contributed by atoms with Crippen molar-refractivity contribution in [3.8, 4) is 11.4 Å². The first-order chi connectivity index (χ1) is 9.26. The quantitative estimate of drug-likeness (QED) is 0.539. The number of aromatic nitrogens is 3. The second kappa shape index (κ2) is 4.62. The normalized spacial score (nSPS) is 10.6. The van der Waals surface area contributed by atoms with E-state index >= 15 is 0 Å². The highest BCUT2D eigenvalue weighted by Gasteiger charge is 2.06. The lowest BCUT2D eigenvalue weighted by Gasteiger charge is -2.06. The molecule has 0 aliphatic carbocycles. The third-order valence-corrected chi connectivity index (χ3v) is 2.85. The van der Waals surface area contributed by atoms with E-state index < -0.39 is 0 Å². The van der Waals surface area contributed by atoms with E-state index in [1.165, 1.54) is 0 Å². The van der Waals surface area contributed by atoms with Crippen molar-refractivity contribution in [2.45, 2.75) is 6.92 Å². The predicted octanol–water partition coefficient (Wildman–Crippen LogP) is 2.29. The predicted molar refractivity (Wildman–Crippen MR) is 75.3 cm³/mol. The number of anilines is 1. The number of rotatable bonds is 2. The highest BCUT2D eigenvalue weighted by atomic mass is 15.3. The van der Waals surface area contributed by atoms with Gasteiger partial charge in [0.25, 0.3) is 0 Å². The number of nitrogens with one attached hydrogen (secondary N) is 1.